The highest BCUT2D eigenvalue weighted by Crippen LogP contribution is 2.36. The SMILES string of the molecule is C=C1C(=O)O[C@@H]2/C=C(\CO)CC/C=C(/C=O)C[C@H](OC(=O)[C@H](C)CC)[C@@H]12. The van der Waals surface area contributed by atoms with Gasteiger partial charge in [0.2, 0.25) is 0 Å². The molecule has 0 unspecified atom stereocenters. The number of aliphatic hydroxyl groups is 1. The van der Waals surface area contributed by atoms with Crippen LogP contribution in [0.2, 0.25) is 0 Å². The maximum atomic E-state index is 12.3. The lowest BCUT2D eigenvalue weighted by Crippen LogP contribution is -2.35. The number of carbonyl (C=O) groups excluding carboxylic acids is 3. The summed E-state index contributed by atoms with van der Waals surface area (Å²) < 4.78 is 11.1. The third-order valence-corrected chi connectivity index (χ3v) is 5.01. The van der Waals surface area contributed by atoms with E-state index in [1.807, 2.05) is 6.92 Å². The van der Waals surface area contributed by atoms with Gasteiger partial charge in [0.25, 0.3) is 0 Å². The van der Waals surface area contributed by atoms with Gasteiger partial charge in [0, 0.05) is 12.0 Å². The maximum Gasteiger partial charge on any atom is 0.334 e. The predicted octanol–water partition coefficient (Wildman–Crippen LogP) is 2.27. The molecular weight excluding hydrogens is 336 g/mol. The summed E-state index contributed by atoms with van der Waals surface area (Å²) in [5.74, 6) is -1.80. The van der Waals surface area contributed by atoms with Crippen LogP contribution in [-0.2, 0) is 23.9 Å². The lowest BCUT2D eigenvalue weighted by atomic mass is 9.85. The van der Waals surface area contributed by atoms with Crippen molar-refractivity contribution >= 4 is 18.2 Å². The van der Waals surface area contributed by atoms with Crippen molar-refractivity contribution in [3.8, 4) is 0 Å². The Balaban J connectivity index is 2.41. The zero-order valence-electron chi connectivity index (χ0n) is 15.3. The molecule has 1 saturated heterocycles. The van der Waals surface area contributed by atoms with E-state index in [1.54, 1.807) is 19.1 Å². The van der Waals surface area contributed by atoms with Gasteiger partial charge in [-0.1, -0.05) is 26.5 Å². The molecule has 1 N–H and O–H groups in total. The molecule has 4 atom stereocenters. The van der Waals surface area contributed by atoms with Gasteiger partial charge < -0.3 is 14.6 Å². The van der Waals surface area contributed by atoms with Crippen LogP contribution in [0.4, 0.5) is 0 Å². The molecule has 0 bridgehead atoms. The van der Waals surface area contributed by atoms with Crippen molar-refractivity contribution in [1.29, 1.82) is 0 Å². The number of hydrogen-bond donors (Lipinski definition) is 1. The molecule has 1 aliphatic carbocycles. The van der Waals surface area contributed by atoms with Gasteiger partial charge in [-0.2, -0.15) is 0 Å². The quantitative estimate of drug-likeness (QED) is 0.349. The zero-order valence-corrected chi connectivity index (χ0v) is 15.3. The van der Waals surface area contributed by atoms with Crippen LogP contribution in [-0.4, -0.2) is 42.1 Å². The molecule has 26 heavy (non-hydrogen) atoms. The van der Waals surface area contributed by atoms with Crippen LogP contribution in [0.15, 0.2) is 35.5 Å². The van der Waals surface area contributed by atoms with Gasteiger partial charge in [-0.25, -0.2) is 4.79 Å². The number of allylic oxidation sites excluding steroid dienone is 1. The minimum Gasteiger partial charge on any atom is -0.461 e. The number of aliphatic hydroxyl groups excluding tert-OH is 1. The summed E-state index contributed by atoms with van der Waals surface area (Å²) in [5.41, 5.74) is 1.42. The van der Waals surface area contributed by atoms with E-state index in [-0.39, 0.29) is 30.5 Å². The topological polar surface area (TPSA) is 89.9 Å². The second-order valence-electron chi connectivity index (χ2n) is 6.83. The van der Waals surface area contributed by atoms with Crippen LogP contribution in [0, 0.1) is 11.8 Å². The summed E-state index contributed by atoms with van der Waals surface area (Å²) in [6.07, 6.45) is 4.78. The molecule has 1 fully saturated rings. The van der Waals surface area contributed by atoms with Crippen molar-refractivity contribution in [3.05, 3.63) is 35.5 Å². The van der Waals surface area contributed by atoms with Crippen LogP contribution in [0.25, 0.3) is 0 Å². The molecule has 142 valence electrons. The lowest BCUT2D eigenvalue weighted by molar-refractivity contribution is -0.156. The Morgan fingerprint density at radius 2 is 2.27 bits per heavy atom. The molecule has 0 radical (unpaired) electrons. The van der Waals surface area contributed by atoms with Crippen LogP contribution < -0.4 is 0 Å². The van der Waals surface area contributed by atoms with Crippen LogP contribution in [0.1, 0.15) is 39.5 Å². The van der Waals surface area contributed by atoms with Gasteiger partial charge in [-0.15, -0.1) is 0 Å². The standard InChI is InChI=1S/C20H26O6/c1-4-12(2)19(23)25-16-8-14(10-21)6-5-7-15(11-22)9-17-18(16)13(3)20(24)26-17/h6,9-10,12,16-18,22H,3-5,7-8,11H2,1-2H3/b14-6+,15-9-/t12-,16+,17-,18-/m1/s1. The van der Waals surface area contributed by atoms with E-state index in [0.29, 0.717) is 30.4 Å². The Bertz CT molecular complexity index is 645. The molecule has 0 amide bonds. The van der Waals surface area contributed by atoms with E-state index in [2.05, 4.69) is 6.58 Å². The zero-order chi connectivity index (χ0) is 19.3. The second-order valence-corrected chi connectivity index (χ2v) is 6.83. The highest BCUT2D eigenvalue weighted by molar-refractivity contribution is 5.91. The highest BCUT2D eigenvalue weighted by atomic mass is 16.6. The normalized spacial score (nSPS) is 31.6. The molecule has 6 heteroatoms. The van der Waals surface area contributed by atoms with Gasteiger partial charge in [0.05, 0.1) is 18.4 Å². The average molecular weight is 362 g/mol. The van der Waals surface area contributed by atoms with Gasteiger partial charge in [0.15, 0.2) is 0 Å². The molecule has 6 nitrogen and oxygen atoms in total. The first-order valence-electron chi connectivity index (χ1n) is 8.96. The maximum absolute atomic E-state index is 12.3. The molecule has 1 aliphatic heterocycles. The monoisotopic (exact) mass is 362 g/mol. The summed E-state index contributed by atoms with van der Waals surface area (Å²) in [6.45, 7) is 7.29. The summed E-state index contributed by atoms with van der Waals surface area (Å²) in [5, 5.41) is 9.55. The number of rotatable bonds is 5. The minimum atomic E-state index is -0.730. The van der Waals surface area contributed by atoms with E-state index < -0.39 is 24.1 Å². The Morgan fingerprint density at radius 3 is 2.88 bits per heavy atom. The third-order valence-electron chi connectivity index (χ3n) is 5.01. The first kappa shape index (κ1) is 20.1. The van der Waals surface area contributed by atoms with Crippen LogP contribution in [0.5, 0.6) is 0 Å². The Labute approximate surface area is 153 Å². The molecule has 0 aromatic heterocycles. The first-order valence-corrected chi connectivity index (χ1v) is 8.96. The number of esters is 2. The largest absolute Gasteiger partial charge is 0.461 e. The summed E-state index contributed by atoms with van der Waals surface area (Å²) in [6, 6.07) is 0. The van der Waals surface area contributed by atoms with Crippen molar-refractivity contribution in [2.45, 2.75) is 51.7 Å². The first-order chi connectivity index (χ1) is 12.4. The second kappa shape index (κ2) is 8.94. The van der Waals surface area contributed by atoms with Crippen molar-refractivity contribution in [3.63, 3.8) is 0 Å². The predicted molar refractivity (Wildman–Crippen MR) is 95.0 cm³/mol. The Hall–Kier alpha value is -2.21. The van der Waals surface area contributed by atoms with E-state index in [4.69, 9.17) is 9.47 Å². The number of aldehydes is 1. The molecule has 2 rings (SSSR count). The minimum absolute atomic E-state index is 0.172. The summed E-state index contributed by atoms with van der Waals surface area (Å²) in [4.78, 5) is 35.9. The number of carbonyl (C=O) groups is 3. The lowest BCUT2D eigenvalue weighted by Gasteiger charge is -2.28. The fourth-order valence-corrected chi connectivity index (χ4v) is 3.16. The van der Waals surface area contributed by atoms with Crippen LogP contribution >= 0.6 is 0 Å². The van der Waals surface area contributed by atoms with Crippen molar-refractivity contribution in [2.75, 3.05) is 6.61 Å². The fourth-order valence-electron chi connectivity index (χ4n) is 3.16. The highest BCUT2D eigenvalue weighted by Gasteiger charge is 2.44. The molecule has 0 aromatic carbocycles. The van der Waals surface area contributed by atoms with Crippen molar-refractivity contribution in [1.82, 2.24) is 0 Å². The average Bonchev–Trinajstić information content (AvgIpc) is 2.91. The molecular formula is C20H26O6. The summed E-state index contributed by atoms with van der Waals surface area (Å²) >= 11 is 0. The smallest absolute Gasteiger partial charge is 0.334 e. The van der Waals surface area contributed by atoms with Gasteiger partial charge >= 0.3 is 11.9 Å². The fraction of sp³-hybridized carbons (Fsp3) is 0.550. The molecule has 0 spiro atoms. The summed E-state index contributed by atoms with van der Waals surface area (Å²) in [7, 11) is 0. The van der Waals surface area contributed by atoms with Gasteiger partial charge in [-0.05, 0) is 36.5 Å². The Kier molecular flexibility index (Phi) is 6.91. The number of ether oxygens (including phenoxy) is 2. The molecule has 0 saturated carbocycles. The van der Waals surface area contributed by atoms with Gasteiger partial charge in [-0.3, -0.25) is 9.59 Å². The Morgan fingerprint density at radius 1 is 1.54 bits per heavy atom. The van der Waals surface area contributed by atoms with Crippen molar-refractivity contribution < 1.29 is 29.0 Å². The van der Waals surface area contributed by atoms with E-state index >= 15 is 0 Å². The molecule has 2 aliphatic rings. The number of fused-ring (bicyclic) bond motifs is 1. The van der Waals surface area contributed by atoms with E-state index in [9.17, 15) is 19.5 Å². The van der Waals surface area contributed by atoms with Crippen molar-refractivity contribution in [2.24, 2.45) is 11.8 Å². The van der Waals surface area contributed by atoms with Crippen LogP contribution in [0.3, 0.4) is 0 Å². The number of hydrogen-bond acceptors (Lipinski definition) is 6. The van der Waals surface area contributed by atoms with E-state index in [1.165, 1.54) is 0 Å². The molecule has 0 aromatic rings. The molecule has 1 heterocycles. The van der Waals surface area contributed by atoms with Gasteiger partial charge in [0.1, 0.15) is 18.5 Å². The van der Waals surface area contributed by atoms with E-state index in [0.717, 1.165) is 6.29 Å². The third kappa shape index (κ3) is 4.49.